The van der Waals surface area contributed by atoms with E-state index in [0.717, 1.165) is 42.6 Å². The first-order valence-corrected chi connectivity index (χ1v) is 8.16. The summed E-state index contributed by atoms with van der Waals surface area (Å²) in [5.41, 5.74) is 2.69. The van der Waals surface area contributed by atoms with Crippen molar-refractivity contribution < 1.29 is 4.74 Å². The summed E-state index contributed by atoms with van der Waals surface area (Å²) in [4.78, 5) is 8.92. The highest BCUT2D eigenvalue weighted by atomic mass is 35.5. The minimum absolute atomic E-state index is 0.0248. The number of aromatic nitrogens is 3. The molecule has 1 fully saturated rings. The van der Waals surface area contributed by atoms with Crippen LogP contribution in [-0.2, 0) is 4.74 Å². The molecular formula is C17H17ClN4O. The first kappa shape index (κ1) is 14.5. The van der Waals surface area contributed by atoms with E-state index in [-0.39, 0.29) is 6.23 Å². The molecule has 6 heteroatoms. The zero-order chi connectivity index (χ0) is 15.6. The molecule has 0 amide bonds. The topological polar surface area (TPSA) is 52.0 Å². The Bertz CT molecular complexity index is 812. The predicted molar refractivity (Wildman–Crippen MR) is 91.1 cm³/mol. The molecule has 1 N–H and O–H groups in total. The number of fused-ring (bicyclic) bond motifs is 1. The Hall–Kier alpha value is -2.11. The second kappa shape index (κ2) is 6.18. The number of anilines is 2. The second-order valence-corrected chi connectivity index (χ2v) is 6.01. The van der Waals surface area contributed by atoms with Gasteiger partial charge in [-0.3, -0.25) is 0 Å². The molecule has 0 spiro atoms. The zero-order valence-corrected chi connectivity index (χ0v) is 13.3. The van der Waals surface area contributed by atoms with Gasteiger partial charge in [0.2, 0.25) is 0 Å². The summed E-state index contributed by atoms with van der Waals surface area (Å²) in [6, 6.07) is 11.7. The number of benzene rings is 1. The maximum absolute atomic E-state index is 6.22. The lowest BCUT2D eigenvalue weighted by Crippen LogP contribution is -2.17. The average molecular weight is 329 g/mol. The summed E-state index contributed by atoms with van der Waals surface area (Å²) in [6.07, 6.45) is 5.11. The standard InChI is InChI=1S/C17H17ClN4O/c18-14-10-13-16(17(21-14)20-12-6-2-1-3-7-12)19-11-22(13)15-8-4-5-9-23-15/h1-3,6-7,10-11,15H,4-5,8-9H2,(H,20,21). The molecule has 23 heavy (non-hydrogen) atoms. The number of ether oxygens (including phenoxy) is 1. The maximum Gasteiger partial charge on any atom is 0.160 e. The van der Waals surface area contributed by atoms with Crippen molar-refractivity contribution in [1.82, 2.24) is 14.5 Å². The highest BCUT2D eigenvalue weighted by molar-refractivity contribution is 6.30. The van der Waals surface area contributed by atoms with E-state index >= 15 is 0 Å². The van der Waals surface area contributed by atoms with Gasteiger partial charge in [-0.05, 0) is 31.4 Å². The third-order valence-corrected chi connectivity index (χ3v) is 4.23. The van der Waals surface area contributed by atoms with E-state index in [9.17, 15) is 0 Å². The lowest BCUT2D eigenvalue weighted by atomic mass is 10.2. The third-order valence-electron chi connectivity index (χ3n) is 4.03. The zero-order valence-electron chi connectivity index (χ0n) is 12.6. The first-order valence-electron chi connectivity index (χ1n) is 7.78. The largest absolute Gasteiger partial charge is 0.358 e. The number of pyridine rings is 1. The van der Waals surface area contributed by atoms with Gasteiger partial charge < -0.3 is 14.6 Å². The van der Waals surface area contributed by atoms with Crippen LogP contribution in [0.25, 0.3) is 11.0 Å². The summed E-state index contributed by atoms with van der Waals surface area (Å²) in [5, 5.41) is 3.73. The summed E-state index contributed by atoms with van der Waals surface area (Å²) in [7, 11) is 0. The molecule has 1 saturated heterocycles. The fourth-order valence-electron chi connectivity index (χ4n) is 2.92. The molecule has 5 nitrogen and oxygen atoms in total. The van der Waals surface area contributed by atoms with Crippen LogP contribution < -0.4 is 5.32 Å². The molecule has 0 bridgehead atoms. The molecule has 1 aromatic carbocycles. The van der Waals surface area contributed by atoms with E-state index in [4.69, 9.17) is 16.3 Å². The van der Waals surface area contributed by atoms with Crippen LogP contribution in [0.5, 0.6) is 0 Å². The van der Waals surface area contributed by atoms with Crippen molar-refractivity contribution in [2.24, 2.45) is 0 Å². The monoisotopic (exact) mass is 328 g/mol. The Balaban J connectivity index is 1.75. The first-order chi connectivity index (χ1) is 11.3. The highest BCUT2D eigenvalue weighted by Gasteiger charge is 2.20. The number of nitrogens with one attached hydrogen (secondary N) is 1. The van der Waals surface area contributed by atoms with Crippen LogP contribution >= 0.6 is 11.6 Å². The fourth-order valence-corrected chi connectivity index (χ4v) is 3.11. The Morgan fingerprint density at radius 1 is 1.22 bits per heavy atom. The Labute approximate surface area is 139 Å². The third kappa shape index (κ3) is 2.90. The van der Waals surface area contributed by atoms with Gasteiger partial charge in [-0.1, -0.05) is 29.8 Å². The average Bonchev–Trinajstić information content (AvgIpc) is 3.00. The maximum atomic E-state index is 6.22. The van der Waals surface area contributed by atoms with Gasteiger partial charge in [0, 0.05) is 18.4 Å². The van der Waals surface area contributed by atoms with Crippen molar-refractivity contribution in [2.45, 2.75) is 25.5 Å². The van der Waals surface area contributed by atoms with Crippen LogP contribution in [0.15, 0.2) is 42.7 Å². The van der Waals surface area contributed by atoms with Gasteiger partial charge in [0.05, 0.1) is 11.8 Å². The van der Waals surface area contributed by atoms with Gasteiger partial charge in [0.25, 0.3) is 0 Å². The number of rotatable bonds is 3. The van der Waals surface area contributed by atoms with E-state index in [0.29, 0.717) is 11.0 Å². The number of imidazole rings is 1. The van der Waals surface area contributed by atoms with Crippen LogP contribution in [0.3, 0.4) is 0 Å². The summed E-state index contributed by atoms with van der Waals surface area (Å²) in [5.74, 6) is 0.660. The van der Waals surface area contributed by atoms with E-state index in [1.807, 2.05) is 42.7 Å². The molecule has 4 rings (SSSR count). The number of halogens is 1. The molecule has 0 radical (unpaired) electrons. The fraction of sp³-hybridized carbons (Fsp3) is 0.294. The van der Waals surface area contributed by atoms with Crippen LogP contribution in [0.4, 0.5) is 11.5 Å². The minimum Gasteiger partial charge on any atom is -0.358 e. The molecule has 1 aliphatic rings. The Morgan fingerprint density at radius 3 is 2.87 bits per heavy atom. The Kier molecular flexibility index (Phi) is 3.89. The second-order valence-electron chi connectivity index (χ2n) is 5.63. The van der Waals surface area contributed by atoms with Gasteiger partial charge in [-0.2, -0.15) is 0 Å². The molecule has 3 heterocycles. The van der Waals surface area contributed by atoms with Crippen LogP contribution in [0.2, 0.25) is 5.15 Å². The summed E-state index contributed by atoms with van der Waals surface area (Å²) in [6.45, 7) is 0.790. The molecule has 1 unspecified atom stereocenters. The van der Waals surface area contributed by atoms with Crippen LogP contribution in [0.1, 0.15) is 25.5 Å². The molecule has 0 aliphatic carbocycles. The molecule has 1 atom stereocenters. The van der Waals surface area contributed by atoms with Gasteiger partial charge in [0.1, 0.15) is 16.9 Å². The van der Waals surface area contributed by atoms with Gasteiger partial charge in [0.15, 0.2) is 5.82 Å². The highest BCUT2D eigenvalue weighted by Crippen LogP contribution is 2.31. The van der Waals surface area contributed by atoms with Crippen molar-refractivity contribution in [3.63, 3.8) is 0 Å². The van der Waals surface area contributed by atoms with Crippen molar-refractivity contribution in [1.29, 1.82) is 0 Å². The summed E-state index contributed by atoms with van der Waals surface area (Å²) < 4.78 is 7.92. The number of nitrogens with zero attached hydrogens (tertiary/aromatic N) is 3. The smallest absolute Gasteiger partial charge is 0.160 e. The number of hydrogen-bond donors (Lipinski definition) is 1. The predicted octanol–water partition coefficient (Wildman–Crippen LogP) is 4.53. The van der Waals surface area contributed by atoms with Gasteiger partial charge in [-0.25, -0.2) is 9.97 Å². The van der Waals surface area contributed by atoms with Crippen LogP contribution in [0, 0.1) is 0 Å². The van der Waals surface area contributed by atoms with Gasteiger partial charge >= 0.3 is 0 Å². The SMILES string of the molecule is Clc1cc2c(ncn2C2CCCCO2)c(Nc2ccccc2)n1. The molecule has 118 valence electrons. The van der Waals surface area contributed by atoms with Crippen molar-refractivity contribution in [3.8, 4) is 0 Å². The Morgan fingerprint density at radius 2 is 2.09 bits per heavy atom. The van der Waals surface area contributed by atoms with E-state index in [2.05, 4.69) is 19.9 Å². The molecular weight excluding hydrogens is 312 g/mol. The molecule has 3 aromatic rings. The number of hydrogen-bond acceptors (Lipinski definition) is 4. The minimum atomic E-state index is 0.0248. The quantitative estimate of drug-likeness (QED) is 0.718. The lowest BCUT2D eigenvalue weighted by molar-refractivity contribution is -0.0295. The summed E-state index contributed by atoms with van der Waals surface area (Å²) >= 11 is 6.22. The van der Waals surface area contributed by atoms with Crippen molar-refractivity contribution in [2.75, 3.05) is 11.9 Å². The van der Waals surface area contributed by atoms with Gasteiger partial charge in [-0.15, -0.1) is 0 Å². The molecule has 1 aliphatic heterocycles. The van der Waals surface area contributed by atoms with Crippen molar-refractivity contribution >= 4 is 34.1 Å². The van der Waals surface area contributed by atoms with E-state index in [1.54, 1.807) is 0 Å². The lowest BCUT2D eigenvalue weighted by Gasteiger charge is -2.24. The van der Waals surface area contributed by atoms with Crippen LogP contribution in [-0.4, -0.2) is 21.1 Å². The number of para-hydroxylation sites is 1. The van der Waals surface area contributed by atoms with Crippen molar-refractivity contribution in [3.05, 3.63) is 47.9 Å². The molecule has 0 saturated carbocycles. The normalized spacial score (nSPS) is 18.2. The van der Waals surface area contributed by atoms with E-state index in [1.165, 1.54) is 0 Å². The van der Waals surface area contributed by atoms with E-state index < -0.39 is 0 Å². The molecule has 2 aromatic heterocycles.